The predicted molar refractivity (Wildman–Crippen MR) is 118 cm³/mol. The van der Waals surface area contributed by atoms with E-state index >= 15 is 0 Å². The lowest BCUT2D eigenvalue weighted by Gasteiger charge is -2.31. The maximum Gasteiger partial charge on any atom is 0.248 e. The van der Waals surface area contributed by atoms with E-state index in [1.165, 1.54) is 4.31 Å². The molecule has 0 saturated carbocycles. The summed E-state index contributed by atoms with van der Waals surface area (Å²) in [5, 5.41) is 6.80. The minimum atomic E-state index is -3.76. The van der Waals surface area contributed by atoms with Gasteiger partial charge in [0.15, 0.2) is 5.76 Å². The summed E-state index contributed by atoms with van der Waals surface area (Å²) < 4.78 is 34.6. The lowest BCUT2D eigenvalue weighted by atomic mass is 9.98. The first-order chi connectivity index (χ1) is 15.3. The van der Waals surface area contributed by atoms with E-state index in [9.17, 15) is 13.2 Å². The average molecular weight is 458 g/mol. The largest absolute Gasteiger partial charge is 0.360 e. The molecule has 1 N–H and O–H groups in total. The zero-order chi connectivity index (χ0) is 22.9. The lowest BCUT2D eigenvalue weighted by molar-refractivity contribution is -0.126. The number of piperidine rings is 1. The monoisotopic (exact) mass is 457 g/mol. The van der Waals surface area contributed by atoms with Crippen molar-refractivity contribution in [2.45, 2.75) is 44.6 Å². The Kier molecular flexibility index (Phi) is 6.16. The molecule has 1 aliphatic rings. The van der Waals surface area contributed by atoms with Gasteiger partial charge in [0.2, 0.25) is 15.9 Å². The molecule has 1 aromatic carbocycles. The third kappa shape index (κ3) is 4.33. The van der Waals surface area contributed by atoms with Gasteiger partial charge in [0, 0.05) is 31.2 Å². The molecule has 1 fully saturated rings. The van der Waals surface area contributed by atoms with E-state index in [-0.39, 0.29) is 29.1 Å². The van der Waals surface area contributed by atoms with Gasteiger partial charge in [-0.3, -0.25) is 4.79 Å². The second-order valence-electron chi connectivity index (χ2n) is 8.15. The molecule has 0 unspecified atom stereocenters. The molecule has 3 heterocycles. The number of sulfonamides is 1. The number of imidazole rings is 1. The van der Waals surface area contributed by atoms with Crippen LogP contribution in [0.1, 0.15) is 42.8 Å². The summed E-state index contributed by atoms with van der Waals surface area (Å²) in [5.74, 6) is -0.289. The summed E-state index contributed by atoms with van der Waals surface area (Å²) in [6.07, 6.45) is 6.58. The van der Waals surface area contributed by atoms with Crippen LogP contribution in [0, 0.1) is 19.8 Å². The predicted octanol–water partition coefficient (Wildman–Crippen LogP) is 2.76. The molecule has 3 aromatic rings. The van der Waals surface area contributed by atoms with Crippen molar-refractivity contribution in [1.29, 1.82) is 0 Å². The van der Waals surface area contributed by atoms with Gasteiger partial charge in [0.05, 0.1) is 18.3 Å². The zero-order valence-corrected chi connectivity index (χ0v) is 19.2. The minimum Gasteiger partial charge on any atom is -0.360 e. The summed E-state index contributed by atoms with van der Waals surface area (Å²) in [4.78, 5) is 17.1. The van der Waals surface area contributed by atoms with Gasteiger partial charge in [-0.05, 0) is 51.3 Å². The highest BCUT2D eigenvalue weighted by Gasteiger charge is 2.36. The van der Waals surface area contributed by atoms with Crippen LogP contribution in [0.5, 0.6) is 0 Å². The fraction of sp³-hybridized carbons (Fsp3) is 0.409. The molecule has 0 bridgehead atoms. The fourth-order valence-electron chi connectivity index (χ4n) is 4.11. The summed E-state index contributed by atoms with van der Waals surface area (Å²) >= 11 is 0. The Bertz CT molecular complexity index is 1170. The van der Waals surface area contributed by atoms with Crippen molar-refractivity contribution in [2.24, 2.45) is 5.92 Å². The standard InChI is InChI=1S/C22H27N5O4S/c1-15(18-6-8-20(9-7-18)26-12-10-23-14-26)24-22(28)19-5-4-11-27(13-19)32(29,30)21-16(2)25-31-17(21)3/h6-10,12,14-15,19H,4-5,11,13H2,1-3H3,(H,24,28)/t15-,19-/m1/s1. The van der Waals surface area contributed by atoms with Gasteiger partial charge in [-0.1, -0.05) is 17.3 Å². The topological polar surface area (TPSA) is 110 Å². The first-order valence-electron chi connectivity index (χ1n) is 10.6. The number of benzene rings is 1. The van der Waals surface area contributed by atoms with Crippen molar-refractivity contribution in [2.75, 3.05) is 13.1 Å². The molecule has 2 atom stereocenters. The number of nitrogens with zero attached hydrogens (tertiary/aromatic N) is 4. The van der Waals surface area contributed by atoms with Crippen LogP contribution in [-0.2, 0) is 14.8 Å². The van der Waals surface area contributed by atoms with Crippen LogP contribution in [0.2, 0.25) is 0 Å². The molecule has 0 spiro atoms. The van der Waals surface area contributed by atoms with Crippen LogP contribution in [0.15, 0.2) is 52.4 Å². The van der Waals surface area contributed by atoms with Crippen molar-refractivity contribution in [1.82, 2.24) is 24.3 Å². The molecule has 170 valence electrons. The number of hydrogen-bond acceptors (Lipinski definition) is 6. The molecule has 1 amide bonds. The van der Waals surface area contributed by atoms with Crippen molar-refractivity contribution < 1.29 is 17.7 Å². The van der Waals surface area contributed by atoms with Gasteiger partial charge >= 0.3 is 0 Å². The van der Waals surface area contributed by atoms with E-state index in [2.05, 4.69) is 15.5 Å². The lowest BCUT2D eigenvalue weighted by Crippen LogP contribution is -2.46. The van der Waals surface area contributed by atoms with Gasteiger partial charge in [-0.15, -0.1) is 0 Å². The molecule has 10 heteroatoms. The third-order valence-corrected chi connectivity index (χ3v) is 7.99. The number of aryl methyl sites for hydroxylation is 2. The van der Waals surface area contributed by atoms with Crippen LogP contribution in [0.25, 0.3) is 5.69 Å². The number of aromatic nitrogens is 3. The Labute approximate surface area is 187 Å². The number of amides is 1. The number of hydrogen-bond donors (Lipinski definition) is 1. The Morgan fingerprint density at radius 3 is 2.62 bits per heavy atom. The third-order valence-electron chi connectivity index (χ3n) is 5.88. The van der Waals surface area contributed by atoms with E-state index < -0.39 is 15.9 Å². The second-order valence-corrected chi connectivity index (χ2v) is 10.0. The Morgan fingerprint density at radius 2 is 2.00 bits per heavy atom. The Morgan fingerprint density at radius 1 is 1.25 bits per heavy atom. The summed E-state index contributed by atoms with van der Waals surface area (Å²) in [6, 6.07) is 7.68. The molecule has 0 aliphatic carbocycles. The molecular formula is C22H27N5O4S. The van der Waals surface area contributed by atoms with Crippen molar-refractivity contribution in [3.05, 3.63) is 60.0 Å². The smallest absolute Gasteiger partial charge is 0.248 e. The first kappa shape index (κ1) is 22.2. The molecule has 0 radical (unpaired) electrons. The van der Waals surface area contributed by atoms with E-state index in [1.54, 1.807) is 26.4 Å². The van der Waals surface area contributed by atoms with E-state index in [1.807, 2.05) is 42.0 Å². The molecular weight excluding hydrogens is 430 g/mol. The highest BCUT2D eigenvalue weighted by atomic mass is 32.2. The van der Waals surface area contributed by atoms with Gasteiger partial charge < -0.3 is 14.4 Å². The number of carbonyl (C=O) groups is 1. The highest BCUT2D eigenvalue weighted by molar-refractivity contribution is 7.89. The second kappa shape index (κ2) is 8.87. The van der Waals surface area contributed by atoms with Gasteiger partial charge in [0.25, 0.3) is 0 Å². The molecule has 2 aromatic heterocycles. The number of carbonyl (C=O) groups excluding carboxylic acids is 1. The average Bonchev–Trinajstić information content (AvgIpc) is 3.44. The first-order valence-corrected chi connectivity index (χ1v) is 12.0. The summed E-state index contributed by atoms with van der Waals surface area (Å²) in [5.41, 5.74) is 2.29. The van der Waals surface area contributed by atoms with Gasteiger partial charge in [-0.25, -0.2) is 13.4 Å². The van der Waals surface area contributed by atoms with E-state index in [0.29, 0.717) is 25.1 Å². The Hall–Kier alpha value is -2.98. The van der Waals surface area contributed by atoms with Crippen LogP contribution in [0.4, 0.5) is 0 Å². The van der Waals surface area contributed by atoms with Crippen molar-refractivity contribution in [3.63, 3.8) is 0 Å². The van der Waals surface area contributed by atoms with Crippen molar-refractivity contribution in [3.8, 4) is 5.69 Å². The van der Waals surface area contributed by atoms with Crippen LogP contribution in [0.3, 0.4) is 0 Å². The number of nitrogens with one attached hydrogen (secondary N) is 1. The maximum absolute atomic E-state index is 13.1. The minimum absolute atomic E-state index is 0.102. The fourth-order valence-corrected chi connectivity index (χ4v) is 5.92. The van der Waals surface area contributed by atoms with Crippen LogP contribution in [-0.4, -0.2) is 46.4 Å². The molecule has 32 heavy (non-hydrogen) atoms. The number of rotatable bonds is 6. The van der Waals surface area contributed by atoms with Crippen LogP contribution < -0.4 is 5.32 Å². The molecule has 9 nitrogen and oxygen atoms in total. The van der Waals surface area contributed by atoms with Gasteiger partial charge in [-0.2, -0.15) is 4.31 Å². The summed E-state index contributed by atoms with van der Waals surface area (Å²) in [6.45, 7) is 5.63. The molecule has 1 saturated heterocycles. The molecule has 1 aliphatic heterocycles. The molecule has 4 rings (SSSR count). The summed E-state index contributed by atoms with van der Waals surface area (Å²) in [7, 11) is -3.76. The highest BCUT2D eigenvalue weighted by Crippen LogP contribution is 2.28. The van der Waals surface area contributed by atoms with E-state index in [0.717, 1.165) is 11.3 Å². The Balaban J connectivity index is 1.42. The van der Waals surface area contributed by atoms with E-state index in [4.69, 9.17) is 4.52 Å². The van der Waals surface area contributed by atoms with Crippen molar-refractivity contribution >= 4 is 15.9 Å². The zero-order valence-electron chi connectivity index (χ0n) is 18.4. The van der Waals surface area contributed by atoms with Crippen LogP contribution >= 0.6 is 0 Å². The van der Waals surface area contributed by atoms with Gasteiger partial charge in [0.1, 0.15) is 10.6 Å². The maximum atomic E-state index is 13.1. The quantitative estimate of drug-likeness (QED) is 0.609. The normalized spacial score (nSPS) is 18.4. The SMILES string of the molecule is Cc1noc(C)c1S(=O)(=O)N1CCC[C@@H](C(=O)N[C@H](C)c2ccc(-n3ccnc3)cc2)C1.